The third kappa shape index (κ3) is 3.57. The molecular formula is C24H28N6O. The Hall–Kier alpha value is -2.93. The summed E-state index contributed by atoms with van der Waals surface area (Å²) < 4.78 is 1.94. The number of fused-ring (bicyclic) bond motifs is 1. The summed E-state index contributed by atoms with van der Waals surface area (Å²) in [7, 11) is 0. The molecule has 5 heterocycles. The smallest absolute Gasteiger partial charge is 0.225 e. The highest BCUT2D eigenvalue weighted by Crippen LogP contribution is 2.32. The lowest BCUT2D eigenvalue weighted by atomic mass is 10.1. The molecule has 2 saturated heterocycles. The number of anilines is 1. The van der Waals surface area contributed by atoms with Gasteiger partial charge in [-0.2, -0.15) is 5.10 Å². The molecule has 1 atom stereocenters. The Morgan fingerprint density at radius 2 is 1.94 bits per heavy atom. The van der Waals surface area contributed by atoms with Crippen LogP contribution in [0.1, 0.15) is 37.3 Å². The molecule has 0 unspecified atom stereocenters. The van der Waals surface area contributed by atoms with Crippen molar-refractivity contribution in [3.63, 3.8) is 0 Å². The lowest BCUT2D eigenvalue weighted by molar-refractivity contribution is -0.132. The van der Waals surface area contributed by atoms with Gasteiger partial charge >= 0.3 is 0 Å². The Labute approximate surface area is 182 Å². The molecule has 3 aromatic heterocycles. The first-order valence-electron chi connectivity index (χ1n) is 11.5. The van der Waals surface area contributed by atoms with Gasteiger partial charge in [-0.1, -0.05) is 6.07 Å². The molecule has 1 N–H and O–H groups in total. The summed E-state index contributed by atoms with van der Waals surface area (Å²) in [6.07, 6.45) is 10.5. The molecule has 2 aliphatic heterocycles. The fourth-order valence-electron chi connectivity index (χ4n) is 4.91. The highest BCUT2D eigenvalue weighted by Gasteiger charge is 2.34. The first kappa shape index (κ1) is 18.8. The van der Waals surface area contributed by atoms with Crippen molar-refractivity contribution in [3.8, 4) is 11.3 Å². The van der Waals surface area contributed by atoms with Gasteiger partial charge in [-0.3, -0.25) is 9.78 Å². The predicted octanol–water partition coefficient (Wildman–Crippen LogP) is 2.88. The van der Waals surface area contributed by atoms with Crippen LogP contribution in [0.15, 0.2) is 42.9 Å². The topological polar surface area (TPSA) is 65.8 Å². The predicted molar refractivity (Wildman–Crippen MR) is 120 cm³/mol. The summed E-state index contributed by atoms with van der Waals surface area (Å²) in [5, 5.41) is 8.06. The zero-order chi connectivity index (χ0) is 20.8. The van der Waals surface area contributed by atoms with Crippen molar-refractivity contribution < 1.29 is 4.79 Å². The number of carbonyl (C=O) groups excluding carboxylic acids is 1. The Kier molecular flexibility index (Phi) is 4.64. The van der Waals surface area contributed by atoms with Crippen LogP contribution >= 0.6 is 0 Å². The highest BCUT2D eigenvalue weighted by atomic mass is 16.2. The fraction of sp³-hybridized carbons (Fsp3) is 0.458. The van der Waals surface area contributed by atoms with E-state index in [2.05, 4.69) is 45.8 Å². The van der Waals surface area contributed by atoms with Crippen LogP contribution in [0, 0.1) is 5.92 Å². The van der Waals surface area contributed by atoms with Crippen molar-refractivity contribution in [1.82, 2.24) is 24.8 Å². The van der Waals surface area contributed by atoms with Crippen LogP contribution in [-0.2, 0) is 4.79 Å². The summed E-state index contributed by atoms with van der Waals surface area (Å²) in [6.45, 7) is 4.42. The maximum Gasteiger partial charge on any atom is 0.225 e. The first-order chi connectivity index (χ1) is 15.3. The molecule has 7 heteroatoms. The van der Waals surface area contributed by atoms with E-state index in [-0.39, 0.29) is 0 Å². The van der Waals surface area contributed by atoms with Crippen LogP contribution in [0.2, 0.25) is 0 Å². The first-order valence-corrected chi connectivity index (χ1v) is 11.5. The number of nitrogens with one attached hydrogen (secondary N) is 1. The summed E-state index contributed by atoms with van der Waals surface area (Å²) in [6, 6.07) is 9.01. The third-order valence-electron chi connectivity index (χ3n) is 6.89. The van der Waals surface area contributed by atoms with Crippen LogP contribution in [0.4, 0.5) is 5.69 Å². The van der Waals surface area contributed by atoms with Gasteiger partial charge in [0.25, 0.3) is 0 Å². The standard InChI is InChI=1S/C24H28N6O/c31-24(17-3-4-17)29-12-10-28(11-13-29)22-7-9-27-30-16-19(14-23(22)30)21-6-5-18(15-26-21)20-2-1-8-25-20/h5-7,9,14-17,20,25H,1-4,8,10-13H2/t20-/m0/s1. The maximum atomic E-state index is 12.4. The minimum atomic E-state index is 0.302. The molecule has 0 radical (unpaired) electrons. The number of nitrogens with zero attached hydrogens (tertiary/aromatic N) is 5. The van der Waals surface area contributed by atoms with Gasteiger partial charge in [0, 0.05) is 62.3 Å². The molecule has 3 fully saturated rings. The quantitative estimate of drug-likeness (QED) is 0.709. The van der Waals surface area contributed by atoms with Crippen molar-refractivity contribution in [2.24, 2.45) is 5.92 Å². The van der Waals surface area contributed by atoms with Gasteiger partial charge in [-0.25, -0.2) is 4.52 Å². The normalized spacial score (nSPS) is 21.7. The number of hydrogen-bond donors (Lipinski definition) is 1. The number of amides is 1. The van der Waals surface area contributed by atoms with E-state index in [0.29, 0.717) is 17.9 Å². The fourth-order valence-corrected chi connectivity index (χ4v) is 4.91. The summed E-state index contributed by atoms with van der Waals surface area (Å²) in [5.74, 6) is 0.655. The average Bonchev–Trinajstić information content (AvgIpc) is 3.33. The molecule has 160 valence electrons. The van der Waals surface area contributed by atoms with Gasteiger partial charge in [0.15, 0.2) is 0 Å². The molecule has 1 saturated carbocycles. The molecule has 1 amide bonds. The molecule has 0 spiro atoms. The average molecular weight is 417 g/mol. The van der Waals surface area contributed by atoms with E-state index in [4.69, 9.17) is 4.98 Å². The number of hydrogen-bond acceptors (Lipinski definition) is 5. The number of piperazine rings is 1. The highest BCUT2D eigenvalue weighted by molar-refractivity contribution is 5.82. The second-order valence-corrected chi connectivity index (χ2v) is 8.99. The van der Waals surface area contributed by atoms with Crippen LogP contribution in [0.5, 0.6) is 0 Å². The summed E-state index contributed by atoms with van der Waals surface area (Å²) in [5.41, 5.74) is 5.57. The molecule has 0 bridgehead atoms. The van der Waals surface area contributed by atoms with Gasteiger partial charge in [-0.05, 0) is 56.0 Å². The zero-order valence-corrected chi connectivity index (χ0v) is 17.7. The molecule has 1 aliphatic carbocycles. The lowest BCUT2D eigenvalue weighted by Crippen LogP contribution is -2.49. The van der Waals surface area contributed by atoms with Crippen LogP contribution < -0.4 is 10.2 Å². The Balaban J connectivity index is 1.22. The largest absolute Gasteiger partial charge is 0.366 e. The van der Waals surface area contributed by atoms with Crippen molar-refractivity contribution in [2.45, 2.75) is 31.7 Å². The SMILES string of the molecule is O=C(C1CC1)N1CCN(c2ccnn3cc(-c4ccc([C@@H]5CCCN5)cn4)cc23)CC1. The second kappa shape index (κ2) is 7.64. The molecule has 3 aromatic rings. The minimum Gasteiger partial charge on any atom is -0.366 e. The van der Waals surface area contributed by atoms with Gasteiger partial charge < -0.3 is 15.1 Å². The van der Waals surface area contributed by atoms with E-state index in [1.807, 2.05) is 21.8 Å². The summed E-state index contributed by atoms with van der Waals surface area (Å²) in [4.78, 5) is 21.5. The van der Waals surface area contributed by atoms with Gasteiger partial charge in [0.05, 0.1) is 16.9 Å². The van der Waals surface area contributed by atoms with E-state index in [1.165, 1.54) is 24.1 Å². The minimum absolute atomic E-state index is 0.302. The molecular weight excluding hydrogens is 388 g/mol. The maximum absolute atomic E-state index is 12.4. The van der Waals surface area contributed by atoms with Crippen LogP contribution in [-0.4, -0.2) is 58.1 Å². The Morgan fingerprint density at radius 1 is 1.06 bits per heavy atom. The van der Waals surface area contributed by atoms with E-state index >= 15 is 0 Å². The second-order valence-electron chi connectivity index (χ2n) is 8.99. The zero-order valence-electron chi connectivity index (χ0n) is 17.7. The number of carbonyl (C=O) groups is 1. The number of rotatable bonds is 4. The van der Waals surface area contributed by atoms with E-state index in [0.717, 1.165) is 62.3 Å². The molecule has 6 rings (SSSR count). The molecule has 31 heavy (non-hydrogen) atoms. The van der Waals surface area contributed by atoms with Crippen molar-refractivity contribution >= 4 is 17.1 Å². The van der Waals surface area contributed by atoms with E-state index in [9.17, 15) is 4.79 Å². The third-order valence-corrected chi connectivity index (χ3v) is 6.89. The van der Waals surface area contributed by atoms with E-state index in [1.54, 1.807) is 0 Å². The van der Waals surface area contributed by atoms with Crippen molar-refractivity contribution in [3.05, 3.63) is 48.4 Å². The monoisotopic (exact) mass is 416 g/mol. The summed E-state index contributed by atoms with van der Waals surface area (Å²) >= 11 is 0. The van der Waals surface area contributed by atoms with Gasteiger partial charge in [-0.15, -0.1) is 0 Å². The van der Waals surface area contributed by atoms with Crippen molar-refractivity contribution in [1.29, 1.82) is 0 Å². The molecule has 0 aromatic carbocycles. The van der Waals surface area contributed by atoms with E-state index < -0.39 is 0 Å². The Bertz CT molecular complexity index is 1090. The lowest BCUT2D eigenvalue weighted by Gasteiger charge is -2.36. The Morgan fingerprint density at radius 3 is 2.65 bits per heavy atom. The number of aromatic nitrogens is 3. The molecule has 7 nitrogen and oxygen atoms in total. The van der Waals surface area contributed by atoms with Crippen LogP contribution in [0.25, 0.3) is 16.8 Å². The van der Waals surface area contributed by atoms with Crippen LogP contribution in [0.3, 0.4) is 0 Å². The van der Waals surface area contributed by atoms with Gasteiger partial charge in [0.2, 0.25) is 5.91 Å². The van der Waals surface area contributed by atoms with Crippen molar-refractivity contribution in [2.75, 3.05) is 37.6 Å². The van der Waals surface area contributed by atoms with Gasteiger partial charge in [0.1, 0.15) is 0 Å². The molecule has 3 aliphatic rings. The number of pyridine rings is 1.